The monoisotopic (exact) mass is 372 g/mol. The minimum absolute atomic E-state index is 0.276. The van der Waals surface area contributed by atoms with Gasteiger partial charge in [-0.3, -0.25) is 0 Å². The first-order valence-corrected chi connectivity index (χ1v) is 8.73. The molecule has 6 nitrogen and oxygen atoms in total. The van der Waals surface area contributed by atoms with Crippen LogP contribution in [0.1, 0.15) is 44.5 Å². The lowest BCUT2D eigenvalue weighted by molar-refractivity contribution is 0.0206. The van der Waals surface area contributed by atoms with Gasteiger partial charge in [-0.1, -0.05) is 6.92 Å². The lowest BCUT2D eigenvalue weighted by atomic mass is 10.2. The highest BCUT2D eigenvalue weighted by molar-refractivity contribution is 5.91. The van der Waals surface area contributed by atoms with Gasteiger partial charge < -0.3 is 18.9 Å². The van der Waals surface area contributed by atoms with E-state index in [1.165, 1.54) is 24.3 Å². The van der Waals surface area contributed by atoms with E-state index in [1.54, 1.807) is 45.0 Å². The first-order valence-electron chi connectivity index (χ1n) is 8.73. The lowest BCUT2D eigenvalue weighted by Gasteiger charge is -2.18. The van der Waals surface area contributed by atoms with Crippen molar-refractivity contribution in [2.75, 3.05) is 6.61 Å². The predicted octanol–water partition coefficient (Wildman–Crippen LogP) is 5.01. The number of carbonyl (C=O) groups excluding carboxylic acids is 2. The number of benzene rings is 2. The van der Waals surface area contributed by atoms with Gasteiger partial charge >= 0.3 is 12.1 Å². The number of hydrogen-bond acceptors (Lipinski definition) is 6. The number of carbonyl (C=O) groups is 2. The molecule has 0 aliphatic heterocycles. The molecule has 2 aromatic carbocycles. The summed E-state index contributed by atoms with van der Waals surface area (Å²) < 4.78 is 20.9. The number of esters is 1. The summed E-state index contributed by atoms with van der Waals surface area (Å²) in [7, 11) is 0. The summed E-state index contributed by atoms with van der Waals surface area (Å²) >= 11 is 0. The van der Waals surface area contributed by atoms with E-state index in [2.05, 4.69) is 0 Å². The van der Waals surface area contributed by atoms with Crippen LogP contribution in [0.2, 0.25) is 0 Å². The van der Waals surface area contributed by atoms with E-state index < -0.39 is 17.7 Å². The summed E-state index contributed by atoms with van der Waals surface area (Å²) in [5, 5.41) is 0. The Bertz CT molecular complexity index is 757. The van der Waals surface area contributed by atoms with E-state index in [0.29, 0.717) is 17.9 Å². The Hall–Kier alpha value is -3.02. The van der Waals surface area contributed by atoms with E-state index in [9.17, 15) is 9.59 Å². The molecule has 6 heteroatoms. The maximum Gasteiger partial charge on any atom is 0.514 e. The molecule has 0 N–H and O–H groups in total. The molecule has 0 heterocycles. The minimum Gasteiger partial charge on any atom is -0.494 e. The molecule has 0 atom stereocenters. The van der Waals surface area contributed by atoms with Crippen LogP contribution in [0.3, 0.4) is 0 Å². The summed E-state index contributed by atoms with van der Waals surface area (Å²) in [4.78, 5) is 23.8. The molecule has 0 saturated heterocycles. The number of hydrogen-bond donors (Lipinski definition) is 0. The highest BCUT2D eigenvalue weighted by Crippen LogP contribution is 2.20. The second-order valence-corrected chi connectivity index (χ2v) is 6.80. The van der Waals surface area contributed by atoms with Crippen LogP contribution in [0.5, 0.6) is 17.2 Å². The average Bonchev–Trinajstić information content (AvgIpc) is 2.60. The Balaban J connectivity index is 1.92. The minimum atomic E-state index is -0.803. The van der Waals surface area contributed by atoms with Crippen molar-refractivity contribution in [3.63, 3.8) is 0 Å². The zero-order chi connectivity index (χ0) is 19.9. The van der Waals surface area contributed by atoms with Gasteiger partial charge in [0.15, 0.2) is 0 Å². The van der Waals surface area contributed by atoms with Crippen LogP contribution < -0.4 is 14.2 Å². The van der Waals surface area contributed by atoms with Crippen molar-refractivity contribution in [3.05, 3.63) is 54.1 Å². The largest absolute Gasteiger partial charge is 0.514 e. The van der Waals surface area contributed by atoms with Crippen molar-refractivity contribution in [1.29, 1.82) is 0 Å². The SMILES string of the molecule is CCCOc1ccc(OC(=O)c2ccc(OC(=O)OC(C)(C)C)cc2)cc1. The molecule has 0 bridgehead atoms. The summed E-state index contributed by atoms with van der Waals surface area (Å²) in [6.07, 6.45) is 0.118. The first kappa shape index (κ1) is 20.3. The van der Waals surface area contributed by atoms with Crippen LogP contribution in [-0.2, 0) is 4.74 Å². The number of ether oxygens (including phenoxy) is 4. The molecule has 27 heavy (non-hydrogen) atoms. The average molecular weight is 372 g/mol. The molecule has 2 rings (SSSR count). The molecule has 0 radical (unpaired) electrons. The van der Waals surface area contributed by atoms with E-state index >= 15 is 0 Å². The van der Waals surface area contributed by atoms with Gasteiger partial charge in [-0.25, -0.2) is 9.59 Å². The fraction of sp³-hybridized carbons (Fsp3) is 0.333. The van der Waals surface area contributed by atoms with Crippen LogP contribution in [0.15, 0.2) is 48.5 Å². The second kappa shape index (κ2) is 9.07. The van der Waals surface area contributed by atoms with E-state index in [0.717, 1.165) is 12.2 Å². The zero-order valence-electron chi connectivity index (χ0n) is 16.0. The maximum absolute atomic E-state index is 12.2. The van der Waals surface area contributed by atoms with E-state index in [4.69, 9.17) is 18.9 Å². The molecule has 0 aromatic heterocycles. The summed E-state index contributed by atoms with van der Waals surface area (Å²) in [5.74, 6) is 0.900. The molecular weight excluding hydrogens is 348 g/mol. The Morgan fingerprint density at radius 1 is 0.815 bits per heavy atom. The molecule has 2 aromatic rings. The van der Waals surface area contributed by atoms with Gasteiger partial charge in [0.2, 0.25) is 0 Å². The van der Waals surface area contributed by atoms with Crippen LogP contribution in [-0.4, -0.2) is 24.3 Å². The summed E-state index contributed by atoms with van der Waals surface area (Å²) in [6, 6.07) is 12.9. The molecule has 0 saturated carbocycles. The number of rotatable bonds is 6. The van der Waals surface area contributed by atoms with E-state index in [1.807, 2.05) is 6.92 Å². The smallest absolute Gasteiger partial charge is 0.494 e. The fourth-order valence-corrected chi connectivity index (χ4v) is 2.02. The highest BCUT2D eigenvalue weighted by atomic mass is 16.7. The quantitative estimate of drug-likeness (QED) is 0.403. The van der Waals surface area contributed by atoms with Crippen molar-refractivity contribution in [2.45, 2.75) is 39.7 Å². The normalized spacial score (nSPS) is 10.8. The molecule has 144 valence electrons. The van der Waals surface area contributed by atoms with Crippen molar-refractivity contribution >= 4 is 12.1 Å². The summed E-state index contributed by atoms with van der Waals surface area (Å²) in [6.45, 7) is 7.90. The highest BCUT2D eigenvalue weighted by Gasteiger charge is 2.18. The van der Waals surface area contributed by atoms with Crippen LogP contribution in [0, 0.1) is 0 Å². The van der Waals surface area contributed by atoms with Gasteiger partial charge in [-0.15, -0.1) is 0 Å². The third-order valence-corrected chi connectivity index (χ3v) is 3.19. The second-order valence-electron chi connectivity index (χ2n) is 6.80. The molecule has 0 aliphatic rings. The van der Waals surface area contributed by atoms with Gasteiger partial charge in [-0.2, -0.15) is 0 Å². The Morgan fingerprint density at radius 3 is 1.89 bits per heavy atom. The van der Waals surface area contributed by atoms with Gasteiger partial charge in [0, 0.05) is 0 Å². The van der Waals surface area contributed by atoms with Gasteiger partial charge in [0.1, 0.15) is 22.8 Å². The molecule has 0 aliphatic carbocycles. The molecular formula is C21H24O6. The Morgan fingerprint density at radius 2 is 1.33 bits per heavy atom. The molecule has 0 unspecified atom stereocenters. The summed E-state index contributed by atoms with van der Waals surface area (Å²) in [5.41, 5.74) is -0.310. The Labute approximate surface area is 159 Å². The third-order valence-electron chi connectivity index (χ3n) is 3.19. The van der Waals surface area contributed by atoms with Crippen LogP contribution in [0.25, 0.3) is 0 Å². The standard InChI is InChI=1S/C21H24O6/c1-5-14-24-16-10-12-17(13-11-16)25-19(22)15-6-8-18(9-7-15)26-20(23)27-21(2,3)4/h6-13H,5,14H2,1-4H3. The third kappa shape index (κ3) is 7.01. The van der Waals surface area contributed by atoms with E-state index in [-0.39, 0.29) is 5.75 Å². The van der Waals surface area contributed by atoms with Crippen molar-refractivity contribution < 1.29 is 28.5 Å². The van der Waals surface area contributed by atoms with Gasteiger partial charge in [0.05, 0.1) is 12.2 Å². The van der Waals surface area contributed by atoms with Gasteiger partial charge in [0.25, 0.3) is 0 Å². The van der Waals surface area contributed by atoms with Crippen LogP contribution in [0.4, 0.5) is 4.79 Å². The van der Waals surface area contributed by atoms with Crippen LogP contribution >= 0.6 is 0 Å². The zero-order valence-corrected chi connectivity index (χ0v) is 16.0. The predicted molar refractivity (Wildman–Crippen MR) is 100 cm³/mol. The molecule has 0 fully saturated rings. The topological polar surface area (TPSA) is 71.1 Å². The van der Waals surface area contributed by atoms with Crippen molar-refractivity contribution in [3.8, 4) is 17.2 Å². The fourth-order valence-electron chi connectivity index (χ4n) is 2.02. The maximum atomic E-state index is 12.2. The van der Waals surface area contributed by atoms with Gasteiger partial charge in [-0.05, 0) is 75.7 Å². The van der Waals surface area contributed by atoms with Crippen molar-refractivity contribution in [1.82, 2.24) is 0 Å². The van der Waals surface area contributed by atoms with Crippen molar-refractivity contribution in [2.24, 2.45) is 0 Å². The Kier molecular flexibility index (Phi) is 6.82. The first-order chi connectivity index (χ1) is 12.8. The molecule has 0 spiro atoms. The molecule has 0 amide bonds. The lowest BCUT2D eigenvalue weighted by Crippen LogP contribution is -2.25.